The first kappa shape index (κ1) is 31.3. The molecule has 12 heteroatoms. The second-order valence-corrected chi connectivity index (χ2v) is 17.7. The maximum atomic E-state index is 13.4. The third-order valence-electron chi connectivity index (χ3n) is 6.07. The number of sulfonamides is 2. The molecule has 6 nitrogen and oxygen atoms in total. The summed E-state index contributed by atoms with van der Waals surface area (Å²) in [6.45, 7) is 5.21. The smallest absolute Gasteiger partial charge is 0.207 e. The van der Waals surface area contributed by atoms with Crippen molar-refractivity contribution >= 4 is 64.3 Å². The van der Waals surface area contributed by atoms with Crippen LogP contribution in [0.2, 0.25) is 0 Å². The van der Waals surface area contributed by atoms with Gasteiger partial charge in [-0.2, -0.15) is 8.61 Å². The molecule has 2 aromatic carbocycles. The molecule has 0 saturated carbocycles. The number of aryl methyl sites for hydroxylation is 2. The van der Waals surface area contributed by atoms with Crippen LogP contribution >= 0.6 is 44.3 Å². The molecule has 0 N–H and O–H groups in total. The van der Waals surface area contributed by atoms with Crippen molar-refractivity contribution in [2.75, 3.05) is 24.6 Å². The lowest BCUT2D eigenvalue weighted by molar-refractivity contribution is 0.428. The van der Waals surface area contributed by atoms with Gasteiger partial charge in [-0.05, 0) is 61.0 Å². The highest BCUT2D eigenvalue weighted by Gasteiger charge is 2.26. The summed E-state index contributed by atoms with van der Waals surface area (Å²) in [6, 6.07) is 21.6. The molecular formula is C28H32N2O4S6. The number of thiophene rings is 2. The first-order valence-corrected chi connectivity index (χ1v) is 19.7. The molecule has 0 unspecified atom stereocenters. The molecular weight excluding hydrogens is 621 g/mol. The van der Waals surface area contributed by atoms with Crippen molar-refractivity contribution in [3.63, 3.8) is 0 Å². The van der Waals surface area contributed by atoms with Gasteiger partial charge in [0, 0.05) is 47.4 Å². The lowest BCUT2D eigenvalue weighted by Crippen LogP contribution is -2.33. The van der Waals surface area contributed by atoms with Crippen LogP contribution in [-0.4, -0.2) is 50.0 Å². The van der Waals surface area contributed by atoms with E-state index in [4.69, 9.17) is 0 Å². The summed E-state index contributed by atoms with van der Waals surface area (Å²) in [5, 5.41) is 3.90. The molecule has 0 aliphatic heterocycles. The summed E-state index contributed by atoms with van der Waals surface area (Å²) < 4.78 is 56.8. The third-order valence-corrected chi connectivity index (χ3v) is 13.9. The van der Waals surface area contributed by atoms with Crippen LogP contribution in [0.5, 0.6) is 0 Å². The highest BCUT2D eigenvalue weighted by molar-refractivity contribution is 8.76. The van der Waals surface area contributed by atoms with E-state index in [0.717, 1.165) is 20.9 Å². The van der Waals surface area contributed by atoms with Crippen molar-refractivity contribution in [3.8, 4) is 0 Å². The van der Waals surface area contributed by atoms with E-state index in [1.54, 1.807) is 45.9 Å². The zero-order chi connectivity index (χ0) is 28.6. The molecule has 2 heterocycles. The zero-order valence-electron chi connectivity index (χ0n) is 22.3. The molecule has 0 bridgehead atoms. The average molecular weight is 653 g/mol. The quantitative estimate of drug-likeness (QED) is 0.103. The largest absolute Gasteiger partial charge is 0.243 e. The van der Waals surface area contributed by atoms with Crippen molar-refractivity contribution in [3.05, 3.63) is 104 Å². The first-order chi connectivity index (χ1) is 19.2. The maximum absolute atomic E-state index is 13.4. The van der Waals surface area contributed by atoms with Crippen molar-refractivity contribution in [1.82, 2.24) is 8.61 Å². The van der Waals surface area contributed by atoms with E-state index in [-0.39, 0.29) is 9.79 Å². The van der Waals surface area contributed by atoms with Crippen LogP contribution in [0.3, 0.4) is 0 Å². The molecule has 4 aromatic rings. The molecule has 214 valence electrons. The normalized spacial score (nSPS) is 12.4. The van der Waals surface area contributed by atoms with Crippen molar-refractivity contribution in [2.45, 2.75) is 36.7 Å². The summed E-state index contributed by atoms with van der Waals surface area (Å²) in [7, 11) is -4.18. The van der Waals surface area contributed by atoms with Gasteiger partial charge in [-0.15, -0.1) is 22.7 Å². The van der Waals surface area contributed by atoms with Crippen molar-refractivity contribution in [2.24, 2.45) is 0 Å². The molecule has 0 spiro atoms. The van der Waals surface area contributed by atoms with Crippen LogP contribution in [0.1, 0.15) is 20.9 Å². The number of nitrogens with zero attached hydrogens (tertiary/aromatic N) is 2. The summed E-state index contributed by atoms with van der Waals surface area (Å²) in [4.78, 5) is 2.55. The van der Waals surface area contributed by atoms with Crippen LogP contribution in [0.25, 0.3) is 0 Å². The van der Waals surface area contributed by atoms with E-state index in [1.165, 1.54) is 31.3 Å². The molecule has 40 heavy (non-hydrogen) atoms. The minimum Gasteiger partial charge on any atom is -0.207 e. The Bertz CT molecular complexity index is 1420. The van der Waals surface area contributed by atoms with Gasteiger partial charge >= 0.3 is 0 Å². The van der Waals surface area contributed by atoms with Gasteiger partial charge in [-0.3, -0.25) is 0 Å². The minimum atomic E-state index is -3.65. The number of hydrogen-bond acceptors (Lipinski definition) is 8. The van der Waals surface area contributed by atoms with Crippen molar-refractivity contribution < 1.29 is 16.8 Å². The number of hydrogen-bond donors (Lipinski definition) is 0. The van der Waals surface area contributed by atoms with E-state index in [2.05, 4.69) is 0 Å². The monoisotopic (exact) mass is 652 g/mol. The molecule has 2 aromatic heterocycles. The van der Waals surface area contributed by atoms with Gasteiger partial charge in [0.15, 0.2) is 0 Å². The molecule has 0 atom stereocenters. The van der Waals surface area contributed by atoms with E-state index in [0.29, 0.717) is 37.7 Å². The van der Waals surface area contributed by atoms with Gasteiger partial charge in [0.1, 0.15) is 0 Å². The van der Waals surface area contributed by atoms with Gasteiger partial charge in [0.25, 0.3) is 0 Å². The Morgan fingerprint density at radius 2 is 0.975 bits per heavy atom. The van der Waals surface area contributed by atoms with E-state index < -0.39 is 20.0 Å². The Morgan fingerprint density at radius 3 is 1.30 bits per heavy atom. The zero-order valence-corrected chi connectivity index (χ0v) is 27.2. The van der Waals surface area contributed by atoms with Gasteiger partial charge in [0.05, 0.1) is 9.79 Å². The van der Waals surface area contributed by atoms with Gasteiger partial charge in [-0.25, -0.2) is 16.8 Å². The standard InChI is InChI=1S/C28H32N2O4S6/c1-23-7-11-27(12-8-23)39(31,32)29(21-25-5-3-17-35-25)15-19-37-38-20-16-30(22-26-6-4-18-36-26)40(33,34)28-13-9-24(2)10-14-28/h3-14,17-18H,15-16,19-22H2,1-2H3. The molecule has 0 aliphatic carbocycles. The Hall–Kier alpha value is -1.64. The first-order valence-electron chi connectivity index (χ1n) is 12.6. The molecule has 0 amide bonds. The number of rotatable bonds is 15. The Morgan fingerprint density at radius 1 is 0.600 bits per heavy atom. The molecule has 0 fully saturated rings. The van der Waals surface area contributed by atoms with E-state index in [1.807, 2.05) is 73.1 Å². The fraction of sp³-hybridized carbons (Fsp3) is 0.286. The Balaban J connectivity index is 1.36. The number of benzene rings is 2. The van der Waals surface area contributed by atoms with Crippen LogP contribution in [-0.2, 0) is 33.1 Å². The molecule has 0 radical (unpaired) electrons. The SMILES string of the molecule is Cc1ccc(S(=O)(=O)N(CCSSCCN(Cc2cccs2)S(=O)(=O)c2ccc(C)cc2)Cc2cccs2)cc1. The maximum Gasteiger partial charge on any atom is 0.243 e. The Kier molecular flexibility index (Phi) is 11.3. The summed E-state index contributed by atoms with van der Waals surface area (Å²) in [5.74, 6) is 1.16. The fourth-order valence-electron chi connectivity index (χ4n) is 3.84. The molecule has 4 rings (SSSR count). The molecule has 0 aliphatic rings. The average Bonchev–Trinajstić information content (AvgIpc) is 3.64. The lowest BCUT2D eigenvalue weighted by atomic mass is 10.2. The second-order valence-electron chi connectivity index (χ2n) is 9.11. The Labute approximate surface area is 253 Å². The topological polar surface area (TPSA) is 74.8 Å². The highest BCUT2D eigenvalue weighted by atomic mass is 33.1. The minimum absolute atomic E-state index is 0.290. The van der Waals surface area contributed by atoms with Crippen molar-refractivity contribution in [1.29, 1.82) is 0 Å². The van der Waals surface area contributed by atoms with Gasteiger partial charge in [-0.1, -0.05) is 69.1 Å². The van der Waals surface area contributed by atoms with Crippen LogP contribution in [0.4, 0.5) is 0 Å². The third kappa shape index (κ3) is 8.45. The molecule has 0 saturated heterocycles. The van der Waals surface area contributed by atoms with Crippen LogP contribution in [0, 0.1) is 13.8 Å². The fourth-order valence-corrected chi connectivity index (χ4v) is 10.5. The van der Waals surface area contributed by atoms with Crippen LogP contribution < -0.4 is 0 Å². The summed E-state index contributed by atoms with van der Waals surface area (Å²) >= 11 is 3.08. The van der Waals surface area contributed by atoms with E-state index >= 15 is 0 Å². The van der Waals surface area contributed by atoms with Gasteiger partial charge < -0.3 is 0 Å². The van der Waals surface area contributed by atoms with Gasteiger partial charge in [0.2, 0.25) is 20.0 Å². The summed E-state index contributed by atoms with van der Waals surface area (Å²) in [5.41, 5.74) is 2.02. The summed E-state index contributed by atoms with van der Waals surface area (Å²) in [6.07, 6.45) is 0. The lowest BCUT2D eigenvalue weighted by Gasteiger charge is -2.22. The van der Waals surface area contributed by atoms with E-state index in [9.17, 15) is 16.8 Å². The highest BCUT2D eigenvalue weighted by Crippen LogP contribution is 2.27. The predicted octanol–water partition coefficient (Wildman–Crippen LogP) is 6.89. The van der Waals surface area contributed by atoms with Crippen LogP contribution in [0.15, 0.2) is 93.3 Å². The predicted molar refractivity (Wildman–Crippen MR) is 171 cm³/mol. The second kappa shape index (κ2) is 14.5.